The quantitative estimate of drug-likeness (QED) is 0.757. The van der Waals surface area contributed by atoms with Crippen molar-refractivity contribution in [3.05, 3.63) is 18.0 Å². The van der Waals surface area contributed by atoms with E-state index in [1.807, 2.05) is 0 Å². The number of hydrogen-bond donors (Lipinski definition) is 0. The molecule has 0 bridgehead atoms. The molecule has 0 atom stereocenters. The first-order valence-electron chi connectivity index (χ1n) is 5.41. The van der Waals surface area contributed by atoms with E-state index in [0.717, 1.165) is 15.8 Å². The van der Waals surface area contributed by atoms with E-state index in [1.165, 1.54) is 0 Å². The van der Waals surface area contributed by atoms with Crippen LogP contribution in [0.5, 0.6) is 0 Å². The Hall–Kier alpha value is -1.50. The predicted octanol–water partition coefficient (Wildman–Crippen LogP) is 2.50. The van der Waals surface area contributed by atoms with Gasteiger partial charge in [-0.1, -0.05) is 15.9 Å². The van der Waals surface area contributed by atoms with Gasteiger partial charge in [0.05, 0.1) is 11.9 Å². The topological polar surface area (TPSA) is 69.9 Å². The molecule has 96 valence electrons. The van der Waals surface area contributed by atoms with Crippen molar-refractivity contribution in [1.29, 1.82) is 0 Å². The van der Waals surface area contributed by atoms with Gasteiger partial charge in [-0.05, 0) is 26.8 Å². The molecule has 0 aliphatic heterocycles. The molecule has 2 aromatic rings. The summed E-state index contributed by atoms with van der Waals surface area (Å²) in [5.74, 6) is 0. The van der Waals surface area contributed by atoms with Gasteiger partial charge in [0.25, 0.3) is 0 Å². The van der Waals surface area contributed by atoms with Crippen LogP contribution < -0.4 is 0 Å². The van der Waals surface area contributed by atoms with Crippen molar-refractivity contribution in [3.8, 4) is 0 Å². The monoisotopic (exact) mass is 312 g/mol. The summed E-state index contributed by atoms with van der Waals surface area (Å²) in [5.41, 5.74) is 0.554. The van der Waals surface area contributed by atoms with Gasteiger partial charge < -0.3 is 4.74 Å². The Kier molecular flexibility index (Phi) is 3.34. The van der Waals surface area contributed by atoms with Crippen molar-refractivity contribution in [2.75, 3.05) is 0 Å². The van der Waals surface area contributed by atoms with Crippen LogP contribution >= 0.6 is 15.9 Å². The molecule has 0 spiro atoms. The zero-order valence-electron chi connectivity index (χ0n) is 10.3. The smallest absolute Gasteiger partial charge is 0.437 e. The molecule has 0 unspecified atom stereocenters. The van der Waals surface area contributed by atoms with Crippen LogP contribution in [0.3, 0.4) is 0 Å². The minimum Gasteiger partial charge on any atom is -0.442 e. The second kappa shape index (κ2) is 4.64. The molecule has 7 heteroatoms. The Morgan fingerprint density at radius 2 is 2.22 bits per heavy atom. The van der Waals surface area contributed by atoms with Gasteiger partial charge in [-0.2, -0.15) is 10.2 Å². The number of rotatable bonds is 1. The van der Waals surface area contributed by atoms with Gasteiger partial charge in [0, 0.05) is 10.7 Å². The summed E-state index contributed by atoms with van der Waals surface area (Å²) >= 11 is 3.33. The van der Waals surface area contributed by atoms with Gasteiger partial charge in [-0.3, -0.25) is 0 Å². The highest BCUT2D eigenvalue weighted by atomic mass is 79.9. The normalized spacial score (nSPS) is 11.8. The second-order valence-corrected chi connectivity index (χ2v) is 5.30. The van der Waals surface area contributed by atoms with E-state index < -0.39 is 11.7 Å². The highest BCUT2D eigenvalue weighted by molar-refractivity contribution is 9.08. The van der Waals surface area contributed by atoms with Crippen LogP contribution in [0, 0.1) is 0 Å². The van der Waals surface area contributed by atoms with Crippen LogP contribution in [0.4, 0.5) is 4.79 Å². The van der Waals surface area contributed by atoms with Crippen molar-refractivity contribution in [2.45, 2.75) is 31.7 Å². The van der Waals surface area contributed by atoms with Crippen molar-refractivity contribution in [2.24, 2.45) is 0 Å². The number of nitrogens with zero attached hydrogens (tertiary/aromatic N) is 4. The molecule has 0 radical (unpaired) electrons. The van der Waals surface area contributed by atoms with Gasteiger partial charge in [0.2, 0.25) is 0 Å². The Bertz CT molecular complexity index is 588. The molecule has 18 heavy (non-hydrogen) atoms. The molecule has 0 saturated heterocycles. The largest absolute Gasteiger partial charge is 0.442 e. The highest BCUT2D eigenvalue weighted by Crippen LogP contribution is 2.19. The van der Waals surface area contributed by atoms with E-state index in [1.54, 1.807) is 33.0 Å². The first-order chi connectivity index (χ1) is 8.42. The SMILES string of the molecule is CC(C)(C)OC(=O)n1nc(CBr)c2ccnnc21. The van der Waals surface area contributed by atoms with E-state index in [9.17, 15) is 4.79 Å². The Morgan fingerprint density at radius 3 is 2.83 bits per heavy atom. The van der Waals surface area contributed by atoms with Crippen molar-refractivity contribution < 1.29 is 9.53 Å². The molecule has 0 fully saturated rings. The first-order valence-corrected chi connectivity index (χ1v) is 6.53. The molecule has 0 saturated carbocycles. The Balaban J connectivity index is 2.48. The number of carbonyl (C=O) groups is 1. The summed E-state index contributed by atoms with van der Waals surface area (Å²) in [6.07, 6.45) is 1.01. The van der Waals surface area contributed by atoms with E-state index in [0.29, 0.717) is 11.0 Å². The summed E-state index contributed by atoms with van der Waals surface area (Å²) in [6.45, 7) is 5.40. The molecular formula is C11H13BrN4O2. The summed E-state index contributed by atoms with van der Waals surface area (Å²) in [7, 11) is 0. The summed E-state index contributed by atoms with van der Waals surface area (Å²) in [6, 6.07) is 1.77. The standard InChI is InChI=1S/C11H13BrN4O2/c1-11(2,3)18-10(17)16-9-7(4-5-13-14-9)8(6-12)15-16/h4-5H,6H2,1-3H3. The van der Waals surface area contributed by atoms with Crippen LogP contribution in [0.2, 0.25) is 0 Å². The molecule has 0 amide bonds. The van der Waals surface area contributed by atoms with E-state index in [2.05, 4.69) is 31.2 Å². The molecule has 6 nitrogen and oxygen atoms in total. The van der Waals surface area contributed by atoms with Crippen molar-refractivity contribution >= 4 is 33.1 Å². The maximum Gasteiger partial charge on any atom is 0.437 e. The molecular weight excluding hydrogens is 300 g/mol. The van der Waals surface area contributed by atoms with Gasteiger partial charge >= 0.3 is 6.09 Å². The number of aromatic nitrogens is 4. The van der Waals surface area contributed by atoms with Gasteiger partial charge in [-0.25, -0.2) is 4.79 Å². The van der Waals surface area contributed by atoms with Crippen molar-refractivity contribution in [1.82, 2.24) is 20.0 Å². The minimum atomic E-state index is -0.577. The first kappa shape index (κ1) is 12.9. The maximum absolute atomic E-state index is 12.0. The third-order valence-corrected chi connectivity index (χ3v) is 2.66. The number of fused-ring (bicyclic) bond motifs is 1. The predicted molar refractivity (Wildman–Crippen MR) is 69.6 cm³/mol. The van der Waals surface area contributed by atoms with E-state index >= 15 is 0 Å². The van der Waals surface area contributed by atoms with E-state index in [4.69, 9.17) is 4.74 Å². The second-order valence-electron chi connectivity index (χ2n) is 4.74. The van der Waals surface area contributed by atoms with E-state index in [-0.39, 0.29) is 0 Å². The fourth-order valence-electron chi connectivity index (χ4n) is 1.46. The molecule has 0 aliphatic carbocycles. The third kappa shape index (κ3) is 2.50. The minimum absolute atomic E-state index is 0.404. The lowest BCUT2D eigenvalue weighted by Gasteiger charge is -2.18. The Labute approximate surface area is 112 Å². The van der Waals surface area contributed by atoms with Crippen LogP contribution in [0.25, 0.3) is 11.0 Å². The van der Waals surface area contributed by atoms with Gasteiger partial charge in [0.15, 0.2) is 5.65 Å². The fraction of sp³-hybridized carbons (Fsp3) is 0.455. The van der Waals surface area contributed by atoms with Gasteiger partial charge in [0.1, 0.15) is 5.60 Å². The summed E-state index contributed by atoms with van der Waals surface area (Å²) in [4.78, 5) is 12.0. The molecule has 2 heterocycles. The molecule has 0 aromatic carbocycles. The lowest BCUT2D eigenvalue weighted by molar-refractivity contribution is 0.0521. The summed E-state index contributed by atoms with van der Waals surface area (Å²) < 4.78 is 6.41. The zero-order chi connectivity index (χ0) is 13.3. The molecule has 2 aromatic heterocycles. The van der Waals surface area contributed by atoms with Crippen LogP contribution in [-0.4, -0.2) is 31.7 Å². The lowest BCUT2D eigenvalue weighted by Crippen LogP contribution is -2.28. The highest BCUT2D eigenvalue weighted by Gasteiger charge is 2.22. The number of hydrogen-bond acceptors (Lipinski definition) is 5. The average molecular weight is 313 g/mol. The lowest BCUT2D eigenvalue weighted by atomic mass is 10.2. The molecule has 0 aliphatic rings. The summed E-state index contributed by atoms with van der Waals surface area (Å²) in [5, 5.41) is 13.2. The number of carbonyl (C=O) groups excluding carboxylic acids is 1. The number of alkyl halides is 1. The molecule has 0 N–H and O–H groups in total. The molecule has 2 rings (SSSR count). The van der Waals surface area contributed by atoms with Gasteiger partial charge in [-0.15, -0.1) is 9.78 Å². The van der Waals surface area contributed by atoms with Crippen LogP contribution in [-0.2, 0) is 10.1 Å². The van der Waals surface area contributed by atoms with Crippen molar-refractivity contribution in [3.63, 3.8) is 0 Å². The fourth-order valence-corrected chi connectivity index (χ4v) is 1.87. The third-order valence-electron chi connectivity index (χ3n) is 2.13. The van der Waals surface area contributed by atoms with Crippen LogP contribution in [0.1, 0.15) is 26.5 Å². The Morgan fingerprint density at radius 1 is 1.50 bits per heavy atom. The average Bonchev–Trinajstić information content (AvgIpc) is 2.65. The number of ether oxygens (including phenoxy) is 1. The zero-order valence-corrected chi connectivity index (χ0v) is 11.9. The number of halogens is 1. The maximum atomic E-state index is 12.0. The van der Waals surface area contributed by atoms with Crippen LogP contribution in [0.15, 0.2) is 12.3 Å².